The molecule has 1 amide bonds. The van der Waals surface area contributed by atoms with Crippen molar-refractivity contribution in [3.63, 3.8) is 0 Å². The van der Waals surface area contributed by atoms with E-state index in [1.807, 2.05) is 6.07 Å². The molecule has 10 heteroatoms. The van der Waals surface area contributed by atoms with Crippen molar-refractivity contribution in [2.24, 2.45) is 0 Å². The van der Waals surface area contributed by atoms with Crippen molar-refractivity contribution in [3.05, 3.63) is 52.1 Å². The number of nitrogens with zero attached hydrogens (tertiary/aromatic N) is 3. The zero-order chi connectivity index (χ0) is 23.9. The molecular formula is C24H31N4O5P. The summed E-state index contributed by atoms with van der Waals surface area (Å²) in [4.78, 5) is 51.1. The van der Waals surface area contributed by atoms with E-state index >= 15 is 0 Å². The predicted octanol–water partition coefficient (Wildman–Crippen LogP) is 3.63. The summed E-state index contributed by atoms with van der Waals surface area (Å²) in [5.41, 5.74) is 1.19. The molecule has 2 atom stereocenters. The lowest BCUT2D eigenvalue weighted by atomic mass is 9.92. The smallest absolute Gasteiger partial charge is 0.369 e. The Morgan fingerprint density at radius 1 is 1.03 bits per heavy atom. The van der Waals surface area contributed by atoms with Crippen molar-refractivity contribution < 1.29 is 19.1 Å². The molecule has 182 valence electrons. The molecule has 0 unspecified atom stereocenters. The van der Waals surface area contributed by atoms with Gasteiger partial charge in [-0.05, 0) is 50.3 Å². The van der Waals surface area contributed by atoms with Gasteiger partial charge in [0.1, 0.15) is 0 Å². The number of nitrogens with one attached hydrogen (secondary N) is 1. The van der Waals surface area contributed by atoms with Crippen LogP contribution in [0.5, 0.6) is 0 Å². The molecule has 3 aliphatic rings. The van der Waals surface area contributed by atoms with Gasteiger partial charge in [-0.3, -0.25) is 19.2 Å². The van der Waals surface area contributed by atoms with E-state index < -0.39 is 24.9 Å². The van der Waals surface area contributed by atoms with Gasteiger partial charge in [-0.2, -0.15) is 0 Å². The van der Waals surface area contributed by atoms with Crippen LogP contribution in [0.3, 0.4) is 0 Å². The monoisotopic (exact) mass is 486 g/mol. The first kappa shape index (κ1) is 23.3. The minimum atomic E-state index is -4.86. The predicted molar refractivity (Wildman–Crippen MR) is 128 cm³/mol. The highest BCUT2D eigenvalue weighted by Gasteiger charge is 2.39. The van der Waals surface area contributed by atoms with Crippen molar-refractivity contribution in [2.45, 2.75) is 82.3 Å². The molecule has 2 aliphatic heterocycles. The third-order valence-electron chi connectivity index (χ3n) is 7.41. The molecule has 3 N–H and O–H groups in total. The number of carbonyl (C=O) groups excluding carboxylic acids is 1. The van der Waals surface area contributed by atoms with Gasteiger partial charge >= 0.3 is 7.75 Å². The van der Waals surface area contributed by atoms with Crippen molar-refractivity contribution in [3.8, 4) is 0 Å². The number of benzene rings is 1. The van der Waals surface area contributed by atoms with Gasteiger partial charge in [-0.1, -0.05) is 44.2 Å². The van der Waals surface area contributed by atoms with Crippen LogP contribution in [0, 0.1) is 0 Å². The number of para-hydroxylation sites is 2. The van der Waals surface area contributed by atoms with E-state index in [4.69, 9.17) is 9.79 Å². The van der Waals surface area contributed by atoms with Crippen LogP contribution in [0.1, 0.15) is 80.7 Å². The van der Waals surface area contributed by atoms with E-state index in [9.17, 15) is 14.2 Å². The maximum atomic E-state index is 13.5. The minimum Gasteiger partial charge on any atom is -0.369 e. The van der Waals surface area contributed by atoms with Crippen molar-refractivity contribution >= 4 is 24.7 Å². The highest BCUT2D eigenvalue weighted by Crippen LogP contribution is 2.43. The number of rotatable bonds is 4. The zero-order valence-corrected chi connectivity index (χ0v) is 20.0. The summed E-state index contributed by atoms with van der Waals surface area (Å²) in [6, 6.07) is 7.74. The Hall–Kier alpha value is -2.48. The molecule has 2 aromatic rings. The van der Waals surface area contributed by atoms with Crippen LogP contribution in [0.4, 0.5) is 0 Å². The summed E-state index contributed by atoms with van der Waals surface area (Å²) in [6.45, 7) is 0. The summed E-state index contributed by atoms with van der Waals surface area (Å²) >= 11 is 0. The third-order valence-corrected chi connectivity index (χ3v) is 7.91. The van der Waals surface area contributed by atoms with Crippen molar-refractivity contribution in [2.75, 3.05) is 0 Å². The summed E-state index contributed by atoms with van der Waals surface area (Å²) in [7, 11) is -4.86. The van der Waals surface area contributed by atoms with Gasteiger partial charge in [0.2, 0.25) is 0 Å². The van der Waals surface area contributed by atoms with Gasteiger partial charge in [0.15, 0.2) is 5.69 Å². The van der Waals surface area contributed by atoms with Crippen LogP contribution in [0.2, 0.25) is 0 Å². The Bertz CT molecular complexity index is 1230. The van der Waals surface area contributed by atoms with Gasteiger partial charge in [-0.15, -0.1) is 0 Å². The van der Waals surface area contributed by atoms with E-state index in [0.29, 0.717) is 23.1 Å². The number of allylic oxidation sites excluding steroid dienone is 2. The zero-order valence-electron chi connectivity index (χ0n) is 19.1. The quantitative estimate of drug-likeness (QED) is 0.564. The number of aromatic nitrogens is 2. The standard InChI is InChI=1S/C24H31N4O5P/c29-23(26-34(31,32)33)22-24(30)28(21-11-7-6-10-20(21)25-22)19-14-17-12-13-18(15-19)27(17)16-8-4-2-1-3-5-9-16/h6-7,10-11,14,16,18-19H,1-5,8-9,12-13,15H2,(H3,26,29,31,32,33)/t18-,19-/m1/s1. The van der Waals surface area contributed by atoms with Gasteiger partial charge in [0, 0.05) is 17.8 Å². The molecule has 34 heavy (non-hydrogen) atoms. The number of fused-ring (bicyclic) bond motifs is 3. The van der Waals surface area contributed by atoms with E-state index in [-0.39, 0.29) is 6.04 Å². The number of amides is 1. The van der Waals surface area contributed by atoms with E-state index in [1.165, 1.54) is 50.6 Å². The molecule has 1 saturated heterocycles. The lowest BCUT2D eigenvalue weighted by Crippen LogP contribution is -2.43. The van der Waals surface area contributed by atoms with Crippen LogP contribution in [-0.2, 0) is 4.57 Å². The second kappa shape index (κ2) is 9.29. The first-order valence-electron chi connectivity index (χ1n) is 12.2. The molecule has 1 aliphatic carbocycles. The van der Waals surface area contributed by atoms with E-state index in [1.54, 1.807) is 27.9 Å². The number of hydrogen-bond acceptors (Lipinski definition) is 5. The van der Waals surface area contributed by atoms with Crippen LogP contribution in [0.15, 0.2) is 40.8 Å². The highest BCUT2D eigenvalue weighted by atomic mass is 31.2. The summed E-state index contributed by atoms with van der Waals surface area (Å²) in [5, 5.41) is 1.59. The Balaban J connectivity index is 1.54. The molecule has 3 heterocycles. The summed E-state index contributed by atoms with van der Waals surface area (Å²) < 4.78 is 12.9. The van der Waals surface area contributed by atoms with Crippen LogP contribution in [-0.4, -0.2) is 42.2 Å². The summed E-state index contributed by atoms with van der Waals surface area (Å²) in [5.74, 6) is -1.17. The fourth-order valence-electron chi connectivity index (χ4n) is 6.03. The second-order valence-corrected chi connectivity index (χ2v) is 11.0. The Labute approximate surface area is 198 Å². The van der Waals surface area contributed by atoms with Crippen molar-refractivity contribution in [1.82, 2.24) is 19.5 Å². The third kappa shape index (κ3) is 4.57. The molecule has 5 rings (SSSR count). The fraction of sp³-hybridized carbons (Fsp3) is 0.542. The maximum absolute atomic E-state index is 13.5. The lowest BCUT2D eigenvalue weighted by Gasteiger charge is -2.41. The SMILES string of the molecule is O=C(NP(=O)(O)O)c1nc2ccccc2n([C@@H]2C=C3CC[C@H](C2)N3C2CCCCCCC2)c1=O. The first-order valence-corrected chi connectivity index (χ1v) is 13.8. The molecule has 2 fully saturated rings. The molecule has 1 saturated carbocycles. The molecular weight excluding hydrogens is 455 g/mol. The lowest BCUT2D eigenvalue weighted by molar-refractivity contribution is 0.0965. The number of carbonyl (C=O) groups is 1. The Morgan fingerprint density at radius 3 is 2.44 bits per heavy atom. The normalized spacial score (nSPS) is 23.9. The molecule has 0 spiro atoms. The Kier molecular flexibility index (Phi) is 6.35. The van der Waals surface area contributed by atoms with Gasteiger partial charge < -0.3 is 14.7 Å². The van der Waals surface area contributed by atoms with E-state index in [0.717, 1.165) is 19.3 Å². The average Bonchev–Trinajstić information content (AvgIpc) is 3.01. The molecule has 1 aromatic heterocycles. The molecule has 9 nitrogen and oxygen atoms in total. The Morgan fingerprint density at radius 2 is 1.74 bits per heavy atom. The molecule has 1 aromatic carbocycles. The fourth-order valence-corrected chi connectivity index (χ4v) is 6.40. The van der Waals surface area contributed by atoms with Crippen molar-refractivity contribution in [1.29, 1.82) is 0 Å². The van der Waals surface area contributed by atoms with Crippen LogP contribution < -0.4 is 10.6 Å². The average molecular weight is 487 g/mol. The van der Waals surface area contributed by atoms with Gasteiger partial charge in [-0.25, -0.2) is 9.55 Å². The van der Waals surface area contributed by atoms with Gasteiger partial charge in [0.05, 0.1) is 17.1 Å². The topological polar surface area (TPSA) is 125 Å². The second-order valence-electron chi connectivity index (χ2n) is 9.67. The number of hydrogen-bond donors (Lipinski definition) is 3. The van der Waals surface area contributed by atoms with E-state index in [2.05, 4.69) is 16.0 Å². The summed E-state index contributed by atoms with van der Waals surface area (Å²) in [6.07, 6.45) is 13.8. The van der Waals surface area contributed by atoms with Crippen LogP contribution in [0.25, 0.3) is 11.0 Å². The minimum absolute atomic E-state index is 0.241. The molecule has 2 bridgehead atoms. The molecule has 0 radical (unpaired) electrons. The van der Waals surface area contributed by atoms with Gasteiger partial charge in [0.25, 0.3) is 11.5 Å². The highest BCUT2D eigenvalue weighted by molar-refractivity contribution is 7.50. The van der Waals surface area contributed by atoms with Crippen LogP contribution >= 0.6 is 7.75 Å². The first-order chi connectivity index (χ1) is 16.3. The maximum Gasteiger partial charge on any atom is 0.430 e. The largest absolute Gasteiger partial charge is 0.430 e.